The number of hydrogen-bond donors (Lipinski definition) is 3. The Labute approximate surface area is 131 Å². The molecule has 2 aromatic rings. The van der Waals surface area contributed by atoms with Crippen molar-refractivity contribution < 1.29 is 4.79 Å². The topological polar surface area (TPSA) is 88.0 Å². The van der Waals surface area contributed by atoms with Crippen LogP contribution >= 0.6 is 23.8 Å². The normalized spacial score (nSPS) is 10.2. The summed E-state index contributed by atoms with van der Waals surface area (Å²) in [5, 5.41) is 3.02. The van der Waals surface area contributed by atoms with Gasteiger partial charge in [-0.05, 0) is 25.1 Å². The van der Waals surface area contributed by atoms with Gasteiger partial charge in [-0.1, -0.05) is 23.8 Å². The molecule has 0 saturated heterocycles. The number of halogens is 1. The van der Waals surface area contributed by atoms with E-state index in [-0.39, 0.29) is 16.0 Å². The van der Waals surface area contributed by atoms with E-state index in [9.17, 15) is 9.59 Å². The number of amides is 1. The fraction of sp³-hybridized carbons (Fsp3) is 0.0714. The average Bonchev–Trinajstić information content (AvgIpc) is 2.37. The molecule has 108 valence electrons. The summed E-state index contributed by atoms with van der Waals surface area (Å²) in [5.74, 6) is -0.559. The van der Waals surface area contributed by atoms with Gasteiger partial charge in [0.25, 0.3) is 5.91 Å². The van der Waals surface area contributed by atoms with Gasteiger partial charge < -0.3 is 16.0 Å². The van der Waals surface area contributed by atoms with Gasteiger partial charge in [0, 0.05) is 28.5 Å². The maximum Gasteiger partial charge on any atom is 0.261 e. The number of pyridine rings is 1. The molecule has 7 heteroatoms. The lowest BCUT2D eigenvalue weighted by Crippen LogP contribution is -2.23. The number of aryl methyl sites for hydroxylation is 1. The number of carbonyl (C=O) groups excluding carboxylic acids is 1. The lowest BCUT2D eigenvalue weighted by atomic mass is 10.1. The summed E-state index contributed by atoms with van der Waals surface area (Å²) in [6.07, 6.45) is 1.36. The number of rotatable bonds is 3. The number of H-pyrrole nitrogens is 1. The van der Waals surface area contributed by atoms with E-state index >= 15 is 0 Å². The highest BCUT2D eigenvalue weighted by molar-refractivity contribution is 7.80. The van der Waals surface area contributed by atoms with Gasteiger partial charge in [0.15, 0.2) is 5.43 Å². The number of carbonyl (C=O) groups is 1. The zero-order valence-corrected chi connectivity index (χ0v) is 12.6. The first-order valence-electron chi connectivity index (χ1n) is 5.98. The minimum atomic E-state index is -0.559. The third-order valence-corrected chi connectivity index (χ3v) is 3.25. The van der Waals surface area contributed by atoms with Crippen molar-refractivity contribution in [3.05, 3.63) is 62.5 Å². The van der Waals surface area contributed by atoms with Crippen LogP contribution in [0.1, 0.15) is 21.6 Å². The Morgan fingerprint density at radius 2 is 2.05 bits per heavy atom. The monoisotopic (exact) mass is 321 g/mol. The molecule has 1 aromatic carbocycles. The summed E-state index contributed by atoms with van der Waals surface area (Å²) >= 11 is 10.8. The van der Waals surface area contributed by atoms with Gasteiger partial charge in [0.05, 0.1) is 5.69 Å². The lowest BCUT2D eigenvalue weighted by Gasteiger charge is -2.10. The molecule has 2 rings (SSSR count). The molecule has 1 amide bonds. The van der Waals surface area contributed by atoms with E-state index in [1.54, 1.807) is 19.1 Å². The number of aromatic nitrogens is 1. The molecule has 0 aliphatic heterocycles. The first-order valence-corrected chi connectivity index (χ1v) is 6.77. The van der Waals surface area contributed by atoms with Crippen LogP contribution in [0.3, 0.4) is 0 Å². The van der Waals surface area contributed by atoms with Crippen molar-refractivity contribution >= 4 is 40.4 Å². The predicted octanol–water partition coefficient (Wildman–Crippen LogP) is 2.22. The number of aromatic amines is 1. The zero-order valence-electron chi connectivity index (χ0n) is 11.1. The van der Waals surface area contributed by atoms with E-state index in [1.165, 1.54) is 18.3 Å². The van der Waals surface area contributed by atoms with Gasteiger partial charge in [-0.2, -0.15) is 0 Å². The Kier molecular flexibility index (Phi) is 4.40. The highest BCUT2D eigenvalue weighted by Gasteiger charge is 2.14. The van der Waals surface area contributed by atoms with Gasteiger partial charge in [0.1, 0.15) is 10.6 Å². The molecule has 0 spiro atoms. The van der Waals surface area contributed by atoms with Crippen LogP contribution in [0, 0.1) is 6.92 Å². The van der Waals surface area contributed by atoms with Crippen LogP contribution in [-0.4, -0.2) is 15.9 Å². The molecule has 0 aliphatic rings. The quantitative estimate of drug-likeness (QED) is 0.756. The molecule has 5 nitrogen and oxygen atoms in total. The Balaban J connectivity index is 2.38. The van der Waals surface area contributed by atoms with Crippen LogP contribution in [-0.2, 0) is 0 Å². The smallest absolute Gasteiger partial charge is 0.261 e. The fourth-order valence-corrected chi connectivity index (χ4v) is 2.13. The number of anilines is 1. The van der Waals surface area contributed by atoms with Crippen LogP contribution < -0.4 is 16.5 Å². The summed E-state index contributed by atoms with van der Waals surface area (Å²) in [5.41, 5.74) is 6.73. The third-order valence-electron chi connectivity index (χ3n) is 2.80. The van der Waals surface area contributed by atoms with Crippen LogP contribution in [0.2, 0.25) is 5.02 Å². The second-order valence-electron chi connectivity index (χ2n) is 4.40. The molecular formula is C14H12ClN3O2S. The summed E-state index contributed by atoms with van der Waals surface area (Å²) in [7, 11) is 0. The number of thiocarbonyl (C=S) groups is 1. The van der Waals surface area contributed by atoms with Gasteiger partial charge >= 0.3 is 0 Å². The van der Waals surface area contributed by atoms with Gasteiger partial charge in [-0.25, -0.2) is 0 Å². The van der Waals surface area contributed by atoms with E-state index in [1.807, 2.05) is 0 Å². The largest absolute Gasteiger partial charge is 0.389 e. The van der Waals surface area contributed by atoms with Crippen molar-refractivity contribution in [3.8, 4) is 0 Å². The van der Waals surface area contributed by atoms with Crippen molar-refractivity contribution in [1.29, 1.82) is 0 Å². The second kappa shape index (κ2) is 6.07. The minimum Gasteiger partial charge on any atom is -0.389 e. The van der Waals surface area contributed by atoms with E-state index < -0.39 is 5.91 Å². The summed E-state index contributed by atoms with van der Waals surface area (Å²) in [4.78, 5) is 26.9. The molecule has 0 bridgehead atoms. The fourth-order valence-electron chi connectivity index (χ4n) is 1.78. The Morgan fingerprint density at radius 3 is 2.67 bits per heavy atom. The molecule has 1 aromatic heterocycles. The average molecular weight is 322 g/mol. The highest BCUT2D eigenvalue weighted by atomic mass is 35.5. The first kappa shape index (κ1) is 15.2. The molecule has 0 radical (unpaired) electrons. The molecule has 0 fully saturated rings. The van der Waals surface area contributed by atoms with Crippen molar-refractivity contribution in [1.82, 2.24) is 4.98 Å². The maximum atomic E-state index is 12.2. The first-order chi connectivity index (χ1) is 9.88. The molecule has 21 heavy (non-hydrogen) atoms. The Bertz CT molecular complexity index is 786. The second-order valence-corrected chi connectivity index (χ2v) is 5.28. The third kappa shape index (κ3) is 3.48. The van der Waals surface area contributed by atoms with Gasteiger partial charge in [-0.3, -0.25) is 9.59 Å². The van der Waals surface area contributed by atoms with Crippen molar-refractivity contribution in [2.24, 2.45) is 5.73 Å². The Morgan fingerprint density at radius 1 is 1.33 bits per heavy atom. The molecule has 4 N–H and O–H groups in total. The van der Waals surface area contributed by atoms with E-state index in [0.717, 1.165) is 0 Å². The zero-order chi connectivity index (χ0) is 15.6. The van der Waals surface area contributed by atoms with Gasteiger partial charge in [-0.15, -0.1) is 0 Å². The number of nitrogens with one attached hydrogen (secondary N) is 2. The van der Waals surface area contributed by atoms with Crippen LogP contribution in [0.15, 0.2) is 35.3 Å². The Hall–Kier alpha value is -2.18. The highest BCUT2D eigenvalue weighted by Crippen LogP contribution is 2.21. The summed E-state index contributed by atoms with van der Waals surface area (Å²) in [6.45, 7) is 1.73. The van der Waals surface area contributed by atoms with E-state index in [2.05, 4.69) is 10.3 Å². The molecular weight excluding hydrogens is 310 g/mol. The standard InChI is InChI=1S/C14H12ClN3O2S/c1-7-4-12(19)10(6-17-7)14(20)18-11-5-8(15)2-3-9(11)13(16)21/h2-6H,1H3,(H2,16,21)(H,17,19)(H,18,20). The van der Waals surface area contributed by atoms with Crippen LogP contribution in [0.5, 0.6) is 0 Å². The van der Waals surface area contributed by atoms with Crippen molar-refractivity contribution in [3.63, 3.8) is 0 Å². The molecule has 0 unspecified atom stereocenters. The van der Waals surface area contributed by atoms with E-state index in [0.29, 0.717) is 22.0 Å². The summed E-state index contributed by atoms with van der Waals surface area (Å²) < 4.78 is 0. The van der Waals surface area contributed by atoms with E-state index in [4.69, 9.17) is 29.6 Å². The van der Waals surface area contributed by atoms with Crippen molar-refractivity contribution in [2.45, 2.75) is 6.92 Å². The molecule has 1 heterocycles. The van der Waals surface area contributed by atoms with Crippen molar-refractivity contribution in [2.75, 3.05) is 5.32 Å². The number of benzene rings is 1. The maximum absolute atomic E-state index is 12.2. The minimum absolute atomic E-state index is 0.00512. The summed E-state index contributed by atoms with van der Waals surface area (Å²) in [6, 6.07) is 6.10. The number of hydrogen-bond acceptors (Lipinski definition) is 3. The van der Waals surface area contributed by atoms with Crippen LogP contribution in [0.25, 0.3) is 0 Å². The molecule has 0 atom stereocenters. The predicted molar refractivity (Wildman–Crippen MR) is 87.1 cm³/mol. The molecule has 0 aliphatic carbocycles. The SMILES string of the molecule is Cc1cc(=O)c(C(=O)Nc2cc(Cl)ccc2C(N)=S)c[nH]1. The number of nitrogens with two attached hydrogens (primary N) is 1. The van der Waals surface area contributed by atoms with Gasteiger partial charge in [0.2, 0.25) is 0 Å². The van der Waals surface area contributed by atoms with Crippen LogP contribution in [0.4, 0.5) is 5.69 Å². The lowest BCUT2D eigenvalue weighted by molar-refractivity contribution is 0.102. The molecule has 0 saturated carbocycles.